The largest absolute Gasteiger partial charge is 0.481 e. The van der Waals surface area contributed by atoms with Crippen LogP contribution in [0.25, 0.3) is 0 Å². The molecular formula is C13H26N2O6. The highest BCUT2D eigenvalue weighted by Crippen LogP contribution is 2.09. The molecule has 0 amide bonds. The van der Waals surface area contributed by atoms with Crippen molar-refractivity contribution in [3.63, 3.8) is 0 Å². The third kappa shape index (κ3) is 18.3. The number of hydrogen-bond donors (Lipinski definition) is 4. The first-order valence-electron chi connectivity index (χ1n) is 6.61. The van der Waals surface area contributed by atoms with Gasteiger partial charge in [0.1, 0.15) is 11.6 Å². The Morgan fingerprint density at radius 1 is 1.14 bits per heavy atom. The number of nitrogens with two attached hydrogens (primary N) is 2. The molecule has 0 saturated heterocycles. The average molecular weight is 306 g/mol. The highest BCUT2D eigenvalue weighted by Gasteiger charge is 2.18. The van der Waals surface area contributed by atoms with Gasteiger partial charge in [-0.2, -0.15) is 0 Å². The molecule has 0 fully saturated rings. The molecule has 21 heavy (non-hydrogen) atoms. The molecular weight excluding hydrogens is 280 g/mol. The quantitative estimate of drug-likeness (QED) is 0.491. The second-order valence-corrected chi connectivity index (χ2v) is 5.36. The summed E-state index contributed by atoms with van der Waals surface area (Å²) in [7, 11) is 0. The summed E-state index contributed by atoms with van der Waals surface area (Å²) < 4.78 is 4.98. The molecule has 0 bridgehead atoms. The molecule has 0 aliphatic heterocycles. The summed E-state index contributed by atoms with van der Waals surface area (Å²) in [5.41, 5.74) is 9.70. The number of carboxylic acid groups (broad SMARTS) is 2. The number of aliphatic carboxylic acids is 2. The maximum Gasteiger partial charge on any atom is 0.320 e. The van der Waals surface area contributed by atoms with Crippen LogP contribution in [0.2, 0.25) is 0 Å². The van der Waals surface area contributed by atoms with E-state index in [-0.39, 0.29) is 19.3 Å². The Hall–Kier alpha value is -1.67. The molecule has 0 aromatic rings. The minimum absolute atomic E-state index is 0.0325. The predicted molar refractivity (Wildman–Crippen MR) is 76.6 cm³/mol. The van der Waals surface area contributed by atoms with Crippen molar-refractivity contribution >= 4 is 17.9 Å². The Labute approximate surface area is 124 Å². The summed E-state index contributed by atoms with van der Waals surface area (Å²) in [5.74, 6) is -2.30. The van der Waals surface area contributed by atoms with Gasteiger partial charge >= 0.3 is 17.9 Å². The van der Waals surface area contributed by atoms with Crippen LogP contribution in [0.5, 0.6) is 0 Å². The number of rotatable bonds is 7. The van der Waals surface area contributed by atoms with Crippen LogP contribution in [0.3, 0.4) is 0 Å². The smallest absolute Gasteiger partial charge is 0.320 e. The molecule has 6 N–H and O–H groups in total. The van der Waals surface area contributed by atoms with E-state index < -0.39 is 29.6 Å². The molecule has 0 aliphatic carbocycles. The molecule has 8 heteroatoms. The van der Waals surface area contributed by atoms with Crippen LogP contribution in [-0.4, -0.2) is 46.3 Å². The average Bonchev–Trinajstić information content (AvgIpc) is 2.31. The summed E-state index contributed by atoms with van der Waals surface area (Å²) in [4.78, 5) is 31.1. The Morgan fingerprint density at radius 2 is 1.67 bits per heavy atom. The zero-order chi connectivity index (χ0) is 17.1. The minimum atomic E-state index is -1.10. The standard InChI is InChI=1S/C9H17NO4.C4H9NO2/c1-9(2,3)14-7(11)5-4-6(10)8(12)13;5-3-1-2-4(6)7/h6H,4-5,10H2,1-3H3,(H,12,13);1-3,5H2,(H,6,7). The van der Waals surface area contributed by atoms with Crippen molar-refractivity contribution in [2.45, 2.75) is 58.1 Å². The second kappa shape index (κ2) is 11.0. The van der Waals surface area contributed by atoms with Crippen molar-refractivity contribution < 1.29 is 29.3 Å². The molecule has 0 aromatic heterocycles. The van der Waals surface area contributed by atoms with Gasteiger partial charge in [0.25, 0.3) is 0 Å². The minimum Gasteiger partial charge on any atom is -0.481 e. The first-order chi connectivity index (χ1) is 9.49. The summed E-state index contributed by atoms with van der Waals surface area (Å²) in [5, 5.41) is 16.4. The highest BCUT2D eigenvalue weighted by atomic mass is 16.6. The predicted octanol–water partition coefficient (Wildman–Crippen LogP) is 0.330. The van der Waals surface area contributed by atoms with E-state index in [1.807, 2.05) is 0 Å². The fourth-order valence-electron chi connectivity index (χ4n) is 1.04. The fraction of sp³-hybridized carbons (Fsp3) is 0.769. The Balaban J connectivity index is 0. The van der Waals surface area contributed by atoms with Crippen molar-refractivity contribution in [3.8, 4) is 0 Å². The van der Waals surface area contributed by atoms with E-state index in [9.17, 15) is 14.4 Å². The molecule has 0 rings (SSSR count). The van der Waals surface area contributed by atoms with Gasteiger partial charge in [0.15, 0.2) is 0 Å². The topological polar surface area (TPSA) is 153 Å². The first kappa shape index (κ1) is 21.6. The van der Waals surface area contributed by atoms with Gasteiger partial charge in [0.05, 0.1) is 0 Å². The Morgan fingerprint density at radius 3 is 1.95 bits per heavy atom. The molecule has 0 spiro atoms. The number of ether oxygens (including phenoxy) is 1. The third-order valence-electron chi connectivity index (χ3n) is 1.99. The monoisotopic (exact) mass is 306 g/mol. The zero-order valence-electron chi connectivity index (χ0n) is 12.8. The van der Waals surface area contributed by atoms with E-state index in [2.05, 4.69) is 0 Å². The lowest BCUT2D eigenvalue weighted by atomic mass is 10.1. The summed E-state index contributed by atoms with van der Waals surface area (Å²) in [6, 6.07) is -0.998. The number of esters is 1. The van der Waals surface area contributed by atoms with Crippen LogP contribution in [0, 0.1) is 0 Å². The van der Waals surface area contributed by atoms with E-state index in [1.54, 1.807) is 20.8 Å². The first-order valence-corrected chi connectivity index (χ1v) is 6.61. The summed E-state index contributed by atoms with van der Waals surface area (Å²) in [6.45, 7) is 5.72. The molecule has 0 heterocycles. The number of carbonyl (C=O) groups excluding carboxylic acids is 1. The highest BCUT2D eigenvalue weighted by molar-refractivity contribution is 5.75. The van der Waals surface area contributed by atoms with Gasteiger partial charge in [0, 0.05) is 12.8 Å². The third-order valence-corrected chi connectivity index (χ3v) is 1.99. The van der Waals surface area contributed by atoms with Gasteiger partial charge in [-0.1, -0.05) is 0 Å². The molecule has 1 atom stereocenters. The lowest BCUT2D eigenvalue weighted by molar-refractivity contribution is -0.155. The lowest BCUT2D eigenvalue weighted by Gasteiger charge is -2.19. The molecule has 0 aromatic carbocycles. The van der Waals surface area contributed by atoms with E-state index >= 15 is 0 Å². The maximum atomic E-state index is 11.1. The van der Waals surface area contributed by atoms with Crippen molar-refractivity contribution in [2.24, 2.45) is 11.5 Å². The van der Waals surface area contributed by atoms with Crippen molar-refractivity contribution in [1.82, 2.24) is 0 Å². The normalized spacial score (nSPS) is 11.9. The van der Waals surface area contributed by atoms with Gasteiger partial charge in [0.2, 0.25) is 0 Å². The molecule has 124 valence electrons. The van der Waals surface area contributed by atoms with Gasteiger partial charge in [-0.15, -0.1) is 0 Å². The number of carboxylic acids is 2. The van der Waals surface area contributed by atoms with E-state index in [0.29, 0.717) is 13.0 Å². The van der Waals surface area contributed by atoms with Crippen molar-refractivity contribution in [3.05, 3.63) is 0 Å². The summed E-state index contributed by atoms with van der Waals surface area (Å²) >= 11 is 0. The van der Waals surface area contributed by atoms with Gasteiger partial charge < -0.3 is 26.4 Å². The van der Waals surface area contributed by atoms with Gasteiger partial charge in [-0.25, -0.2) is 0 Å². The fourth-order valence-corrected chi connectivity index (χ4v) is 1.04. The molecule has 8 nitrogen and oxygen atoms in total. The summed E-state index contributed by atoms with van der Waals surface area (Å²) in [6.07, 6.45) is 0.904. The molecule has 0 radical (unpaired) electrons. The Kier molecular flexibility index (Phi) is 11.4. The second-order valence-electron chi connectivity index (χ2n) is 5.36. The van der Waals surface area contributed by atoms with Crippen LogP contribution in [0.1, 0.15) is 46.5 Å². The van der Waals surface area contributed by atoms with Crippen LogP contribution >= 0.6 is 0 Å². The number of hydrogen-bond acceptors (Lipinski definition) is 6. The zero-order valence-corrected chi connectivity index (χ0v) is 12.8. The van der Waals surface area contributed by atoms with Crippen LogP contribution < -0.4 is 11.5 Å². The SMILES string of the molecule is CC(C)(C)OC(=O)CCC(N)C(=O)O.NCCCC(=O)O. The molecule has 0 saturated carbocycles. The van der Waals surface area contributed by atoms with Gasteiger partial charge in [-0.3, -0.25) is 14.4 Å². The van der Waals surface area contributed by atoms with E-state index in [0.717, 1.165) is 0 Å². The molecule has 1 unspecified atom stereocenters. The van der Waals surface area contributed by atoms with Gasteiger partial charge in [-0.05, 0) is 40.2 Å². The van der Waals surface area contributed by atoms with Crippen LogP contribution in [0.15, 0.2) is 0 Å². The Bertz CT molecular complexity index is 338. The van der Waals surface area contributed by atoms with Crippen LogP contribution in [-0.2, 0) is 19.1 Å². The molecule has 0 aliphatic rings. The van der Waals surface area contributed by atoms with Crippen molar-refractivity contribution in [1.29, 1.82) is 0 Å². The van der Waals surface area contributed by atoms with E-state index in [4.69, 9.17) is 26.4 Å². The van der Waals surface area contributed by atoms with E-state index in [1.165, 1.54) is 0 Å². The van der Waals surface area contributed by atoms with Crippen LogP contribution in [0.4, 0.5) is 0 Å². The number of carbonyl (C=O) groups is 3. The lowest BCUT2D eigenvalue weighted by Crippen LogP contribution is -2.31. The maximum absolute atomic E-state index is 11.1. The van der Waals surface area contributed by atoms with Crippen molar-refractivity contribution in [2.75, 3.05) is 6.54 Å².